The molecule has 38 heavy (non-hydrogen) atoms. The molecule has 11 heteroatoms. The van der Waals surface area contributed by atoms with Crippen molar-refractivity contribution in [3.8, 4) is 0 Å². The first-order chi connectivity index (χ1) is 18.5. The molecule has 2 atom stereocenters. The first-order valence-corrected chi connectivity index (χ1v) is 13.9. The number of aromatic nitrogens is 1. The van der Waals surface area contributed by atoms with E-state index in [1.165, 1.54) is 22.5 Å². The van der Waals surface area contributed by atoms with Gasteiger partial charge in [0.15, 0.2) is 0 Å². The maximum atomic E-state index is 14.6. The number of halogens is 2. The lowest BCUT2D eigenvalue weighted by Gasteiger charge is -2.23. The minimum absolute atomic E-state index is 0.0312. The Hall–Kier alpha value is -3.29. The molecule has 0 radical (unpaired) electrons. The second-order valence-electron chi connectivity index (χ2n) is 9.11. The molecule has 0 saturated carbocycles. The number of hydrogen-bond donors (Lipinski definition) is 1. The Kier molecular flexibility index (Phi) is 6.89. The van der Waals surface area contributed by atoms with Crippen molar-refractivity contribution in [1.82, 2.24) is 14.9 Å². The molecule has 8 nitrogen and oxygen atoms in total. The van der Waals surface area contributed by atoms with E-state index in [0.717, 1.165) is 9.13 Å². The van der Waals surface area contributed by atoms with Crippen LogP contribution in [0.5, 0.6) is 0 Å². The summed E-state index contributed by atoms with van der Waals surface area (Å²) in [5.74, 6) is -0.806. The number of carbonyl (C=O) groups excluding carboxylic acids is 2. The number of carbonyl (C=O) groups is 2. The molecule has 0 bridgehead atoms. The van der Waals surface area contributed by atoms with E-state index in [1.54, 1.807) is 29.3 Å². The van der Waals surface area contributed by atoms with Crippen molar-refractivity contribution in [3.63, 3.8) is 0 Å². The molecule has 2 aromatic heterocycles. The highest BCUT2D eigenvalue weighted by Gasteiger charge is 2.47. The van der Waals surface area contributed by atoms with E-state index in [-0.39, 0.29) is 30.2 Å². The summed E-state index contributed by atoms with van der Waals surface area (Å²) in [5.41, 5.74) is 1.53. The summed E-state index contributed by atoms with van der Waals surface area (Å²) in [5, 5.41) is 5.59. The fourth-order valence-corrected chi connectivity index (χ4v) is 6.28. The summed E-state index contributed by atoms with van der Waals surface area (Å²) in [4.78, 5) is 39.2. The monoisotopic (exact) mass is 644 g/mol. The van der Waals surface area contributed by atoms with Gasteiger partial charge in [-0.25, -0.2) is 19.2 Å². The van der Waals surface area contributed by atoms with Crippen LogP contribution < -0.4 is 5.32 Å². The fraction of sp³-hybridized carbons (Fsp3) is 0.222. The maximum absolute atomic E-state index is 14.6. The molecule has 2 fully saturated rings. The SMILES string of the molecule is O=C(OCc1ccccc1)N1CC2CON(C(=O)c3c(Nc4ccc(I)cc4F)sc4ncccc34)C2C1. The van der Waals surface area contributed by atoms with E-state index >= 15 is 0 Å². The number of nitrogens with one attached hydrogen (secondary N) is 1. The Balaban J connectivity index is 1.22. The zero-order chi connectivity index (χ0) is 26.2. The number of nitrogens with zero attached hydrogens (tertiary/aromatic N) is 3. The number of fused-ring (bicyclic) bond motifs is 2. The number of rotatable bonds is 5. The Labute approximate surface area is 235 Å². The van der Waals surface area contributed by atoms with E-state index in [1.807, 2.05) is 59.0 Å². The average Bonchev–Trinajstić information content (AvgIpc) is 3.61. The molecule has 6 rings (SSSR count). The molecule has 2 aliphatic heterocycles. The summed E-state index contributed by atoms with van der Waals surface area (Å²) >= 11 is 3.32. The van der Waals surface area contributed by atoms with Gasteiger partial charge in [-0.3, -0.25) is 9.63 Å². The zero-order valence-corrected chi connectivity index (χ0v) is 22.9. The van der Waals surface area contributed by atoms with Crippen LogP contribution in [0.4, 0.5) is 19.9 Å². The molecule has 2 saturated heterocycles. The van der Waals surface area contributed by atoms with Gasteiger partial charge < -0.3 is 15.0 Å². The van der Waals surface area contributed by atoms with Crippen LogP contribution in [0, 0.1) is 15.3 Å². The van der Waals surface area contributed by atoms with Gasteiger partial charge in [0.25, 0.3) is 5.91 Å². The number of pyridine rings is 1. The van der Waals surface area contributed by atoms with Crippen molar-refractivity contribution in [2.24, 2.45) is 5.92 Å². The van der Waals surface area contributed by atoms with Gasteiger partial charge in [-0.1, -0.05) is 41.7 Å². The van der Waals surface area contributed by atoms with Crippen molar-refractivity contribution in [2.45, 2.75) is 12.6 Å². The third-order valence-electron chi connectivity index (χ3n) is 6.66. The molecular weight excluding hydrogens is 622 g/mol. The van der Waals surface area contributed by atoms with Gasteiger partial charge in [0.05, 0.1) is 23.9 Å². The van der Waals surface area contributed by atoms with Gasteiger partial charge in [-0.05, 0) is 58.5 Å². The van der Waals surface area contributed by atoms with Crippen LogP contribution in [0.15, 0.2) is 66.9 Å². The van der Waals surface area contributed by atoms with Crippen LogP contribution in [0.1, 0.15) is 15.9 Å². The number of hydroxylamine groups is 2. The lowest BCUT2D eigenvalue weighted by Crippen LogP contribution is -2.40. The van der Waals surface area contributed by atoms with E-state index in [9.17, 15) is 14.0 Å². The molecule has 4 heterocycles. The van der Waals surface area contributed by atoms with Gasteiger partial charge in [0.2, 0.25) is 0 Å². The van der Waals surface area contributed by atoms with Crippen LogP contribution in [0.25, 0.3) is 10.2 Å². The topological polar surface area (TPSA) is 84.0 Å². The minimum Gasteiger partial charge on any atom is -0.445 e. The Morgan fingerprint density at radius 3 is 2.82 bits per heavy atom. The standard InChI is InChI=1S/C27H22FIN4O4S/c28-20-11-18(29)8-9-21(20)31-25-23(19-7-4-10-30-24(19)38-25)26(34)33-22-13-32(12-17(22)15-37-33)27(35)36-14-16-5-2-1-3-6-16/h1-11,17,22,31H,12-15H2. The summed E-state index contributed by atoms with van der Waals surface area (Å²) in [6, 6.07) is 17.6. The number of anilines is 2. The maximum Gasteiger partial charge on any atom is 0.410 e. The minimum atomic E-state index is -0.419. The summed E-state index contributed by atoms with van der Waals surface area (Å²) in [7, 11) is 0. The quantitative estimate of drug-likeness (QED) is 0.277. The van der Waals surface area contributed by atoms with Gasteiger partial charge in [-0.2, -0.15) is 0 Å². The normalized spacial score (nSPS) is 18.6. The lowest BCUT2D eigenvalue weighted by molar-refractivity contribution is -0.0985. The number of benzene rings is 2. The first kappa shape index (κ1) is 25.0. The molecule has 1 N–H and O–H groups in total. The van der Waals surface area contributed by atoms with Crippen LogP contribution >= 0.6 is 33.9 Å². The number of hydrogen-bond acceptors (Lipinski definition) is 7. The third-order valence-corrected chi connectivity index (χ3v) is 8.36. The largest absolute Gasteiger partial charge is 0.445 e. The average molecular weight is 644 g/mol. The molecular formula is C27H22FIN4O4S. The summed E-state index contributed by atoms with van der Waals surface area (Å²) in [6.07, 6.45) is 1.23. The van der Waals surface area contributed by atoms with Crippen LogP contribution in [-0.2, 0) is 16.2 Å². The van der Waals surface area contributed by atoms with Crippen molar-refractivity contribution in [3.05, 3.63) is 87.4 Å². The van der Waals surface area contributed by atoms with Crippen LogP contribution in [-0.4, -0.2) is 52.7 Å². The van der Waals surface area contributed by atoms with Crippen molar-refractivity contribution < 1.29 is 23.6 Å². The Morgan fingerprint density at radius 1 is 1.16 bits per heavy atom. The zero-order valence-electron chi connectivity index (χ0n) is 20.0. The first-order valence-electron chi connectivity index (χ1n) is 12.0. The molecule has 194 valence electrons. The second-order valence-corrected chi connectivity index (χ2v) is 11.4. The highest BCUT2D eigenvalue weighted by Crippen LogP contribution is 2.40. The number of thiophene rings is 1. The summed E-state index contributed by atoms with van der Waals surface area (Å²) in [6.45, 7) is 1.24. The van der Waals surface area contributed by atoms with E-state index in [4.69, 9.17) is 9.57 Å². The lowest BCUT2D eigenvalue weighted by atomic mass is 10.1. The predicted molar refractivity (Wildman–Crippen MR) is 150 cm³/mol. The molecule has 2 aromatic carbocycles. The number of amides is 2. The third kappa shape index (κ3) is 4.81. The van der Waals surface area contributed by atoms with E-state index < -0.39 is 11.9 Å². The highest BCUT2D eigenvalue weighted by atomic mass is 127. The second kappa shape index (κ2) is 10.5. The van der Waals surface area contributed by atoms with Crippen molar-refractivity contribution >= 4 is 66.8 Å². The Morgan fingerprint density at radius 2 is 2.00 bits per heavy atom. The molecule has 0 aliphatic carbocycles. The van der Waals surface area contributed by atoms with Crippen molar-refractivity contribution in [2.75, 3.05) is 25.0 Å². The highest BCUT2D eigenvalue weighted by molar-refractivity contribution is 14.1. The molecule has 2 amide bonds. The smallest absolute Gasteiger partial charge is 0.410 e. The van der Waals surface area contributed by atoms with E-state index in [2.05, 4.69) is 10.3 Å². The predicted octanol–water partition coefficient (Wildman–Crippen LogP) is 5.81. The number of ether oxygens (including phenoxy) is 1. The summed E-state index contributed by atoms with van der Waals surface area (Å²) < 4.78 is 20.9. The van der Waals surface area contributed by atoms with E-state index in [0.29, 0.717) is 40.5 Å². The Bertz CT molecular complexity index is 1520. The fourth-order valence-electron chi connectivity index (χ4n) is 4.78. The van der Waals surface area contributed by atoms with Gasteiger partial charge in [0.1, 0.15) is 22.3 Å². The molecule has 2 unspecified atom stereocenters. The number of likely N-dealkylation sites (tertiary alicyclic amines) is 1. The van der Waals surface area contributed by atoms with Crippen LogP contribution in [0.3, 0.4) is 0 Å². The van der Waals surface area contributed by atoms with Crippen molar-refractivity contribution in [1.29, 1.82) is 0 Å². The molecule has 2 aliphatic rings. The molecule has 4 aromatic rings. The van der Waals surface area contributed by atoms with Gasteiger partial charge in [-0.15, -0.1) is 0 Å². The van der Waals surface area contributed by atoms with Gasteiger partial charge >= 0.3 is 6.09 Å². The molecule has 0 spiro atoms. The van der Waals surface area contributed by atoms with Gasteiger partial charge in [0, 0.05) is 34.2 Å². The van der Waals surface area contributed by atoms with Crippen LogP contribution in [0.2, 0.25) is 0 Å².